The molecule has 0 spiro atoms. The van der Waals surface area contributed by atoms with E-state index in [0.29, 0.717) is 6.54 Å². The molecule has 1 aliphatic carbocycles. The molecule has 5 nitrogen and oxygen atoms in total. The van der Waals surface area contributed by atoms with Crippen molar-refractivity contribution < 1.29 is 0 Å². The molecule has 2 aromatic heterocycles. The van der Waals surface area contributed by atoms with Gasteiger partial charge < -0.3 is 5.73 Å². The van der Waals surface area contributed by atoms with Gasteiger partial charge in [0, 0.05) is 18.3 Å². The molecule has 3 rings (SSSR count). The van der Waals surface area contributed by atoms with Gasteiger partial charge in [-0.15, -0.1) is 0 Å². The standard InChI is InChI=1S/C14H21N5/c1-10-11(7-8-15)14(18(2)17-10)19-9-16-12-5-3-4-6-13(12)19/h9H,3-8,15H2,1-2H3. The molecular weight excluding hydrogens is 238 g/mol. The zero-order valence-corrected chi connectivity index (χ0v) is 11.7. The Labute approximate surface area is 113 Å². The van der Waals surface area contributed by atoms with Gasteiger partial charge in [-0.05, 0) is 45.6 Å². The van der Waals surface area contributed by atoms with Gasteiger partial charge >= 0.3 is 0 Å². The molecular formula is C14H21N5. The van der Waals surface area contributed by atoms with Gasteiger partial charge in [-0.3, -0.25) is 9.25 Å². The van der Waals surface area contributed by atoms with Gasteiger partial charge in [0.1, 0.15) is 12.1 Å². The maximum atomic E-state index is 5.74. The highest BCUT2D eigenvalue weighted by Gasteiger charge is 2.21. The van der Waals surface area contributed by atoms with Crippen LogP contribution in [0.5, 0.6) is 0 Å². The van der Waals surface area contributed by atoms with E-state index in [1.807, 2.05) is 18.1 Å². The number of hydrogen-bond donors (Lipinski definition) is 1. The predicted octanol–water partition coefficient (Wildman–Crippen LogP) is 1.29. The Hall–Kier alpha value is -1.62. The summed E-state index contributed by atoms with van der Waals surface area (Å²) in [5.74, 6) is 1.14. The predicted molar refractivity (Wildman–Crippen MR) is 74.5 cm³/mol. The quantitative estimate of drug-likeness (QED) is 0.903. The minimum atomic E-state index is 0.649. The normalized spacial score (nSPS) is 14.7. The largest absolute Gasteiger partial charge is 0.330 e. The molecule has 19 heavy (non-hydrogen) atoms. The van der Waals surface area contributed by atoms with E-state index in [0.717, 1.165) is 30.8 Å². The number of nitrogens with zero attached hydrogens (tertiary/aromatic N) is 4. The monoisotopic (exact) mass is 259 g/mol. The molecule has 2 heterocycles. The van der Waals surface area contributed by atoms with Crippen molar-refractivity contribution in [3.8, 4) is 5.82 Å². The zero-order valence-electron chi connectivity index (χ0n) is 11.7. The van der Waals surface area contributed by atoms with E-state index in [-0.39, 0.29) is 0 Å². The highest BCUT2D eigenvalue weighted by atomic mass is 15.3. The summed E-state index contributed by atoms with van der Waals surface area (Å²) in [6, 6.07) is 0. The Morgan fingerprint density at radius 3 is 2.89 bits per heavy atom. The van der Waals surface area contributed by atoms with E-state index < -0.39 is 0 Å². The Morgan fingerprint density at radius 2 is 2.11 bits per heavy atom. The molecule has 2 N–H and O–H groups in total. The molecule has 0 bridgehead atoms. The summed E-state index contributed by atoms with van der Waals surface area (Å²) in [5.41, 5.74) is 10.7. The molecule has 0 aliphatic heterocycles. The number of aromatic nitrogens is 4. The van der Waals surface area contributed by atoms with E-state index in [1.165, 1.54) is 29.8 Å². The Morgan fingerprint density at radius 1 is 1.32 bits per heavy atom. The minimum Gasteiger partial charge on any atom is -0.330 e. The average Bonchev–Trinajstić information content (AvgIpc) is 2.92. The van der Waals surface area contributed by atoms with Crippen LogP contribution in [0, 0.1) is 6.92 Å². The topological polar surface area (TPSA) is 61.7 Å². The second-order valence-corrected chi connectivity index (χ2v) is 5.26. The first-order valence-corrected chi connectivity index (χ1v) is 7.00. The summed E-state index contributed by atoms with van der Waals surface area (Å²) in [7, 11) is 2.00. The number of imidazole rings is 1. The lowest BCUT2D eigenvalue weighted by atomic mass is 10.0. The molecule has 0 radical (unpaired) electrons. The van der Waals surface area contributed by atoms with Crippen molar-refractivity contribution in [2.24, 2.45) is 12.8 Å². The van der Waals surface area contributed by atoms with Crippen molar-refractivity contribution in [2.75, 3.05) is 6.54 Å². The van der Waals surface area contributed by atoms with E-state index >= 15 is 0 Å². The molecule has 1 aliphatic rings. The van der Waals surface area contributed by atoms with E-state index in [4.69, 9.17) is 5.73 Å². The van der Waals surface area contributed by atoms with Gasteiger partial charge in [-0.25, -0.2) is 4.98 Å². The zero-order chi connectivity index (χ0) is 13.4. The summed E-state index contributed by atoms with van der Waals surface area (Å²) in [5, 5.41) is 4.55. The summed E-state index contributed by atoms with van der Waals surface area (Å²) in [6.07, 6.45) is 7.53. The first-order valence-electron chi connectivity index (χ1n) is 7.00. The van der Waals surface area contributed by atoms with Gasteiger partial charge in [0.2, 0.25) is 0 Å². The van der Waals surface area contributed by atoms with Crippen LogP contribution in [-0.4, -0.2) is 25.9 Å². The van der Waals surface area contributed by atoms with Gasteiger partial charge in [0.15, 0.2) is 0 Å². The molecule has 0 atom stereocenters. The van der Waals surface area contributed by atoms with Crippen molar-refractivity contribution in [3.05, 3.63) is 29.0 Å². The third-order valence-electron chi connectivity index (χ3n) is 3.97. The summed E-state index contributed by atoms with van der Waals surface area (Å²) in [6.45, 7) is 2.70. The van der Waals surface area contributed by atoms with Crippen molar-refractivity contribution >= 4 is 0 Å². The fraction of sp³-hybridized carbons (Fsp3) is 0.571. The fourth-order valence-corrected chi connectivity index (χ4v) is 3.08. The smallest absolute Gasteiger partial charge is 0.139 e. The third-order valence-corrected chi connectivity index (χ3v) is 3.97. The van der Waals surface area contributed by atoms with Crippen LogP contribution in [0.1, 0.15) is 35.5 Å². The van der Waals surface area contributed by atoms with Crippen LogP contribution in [0.2, 0.25) is 0 Å². The molecule has 0 unspecified atom stereocenters. The molecule has 0 saturated heterocycles. The number of fused-ring (bicyclic) bond motifs is 1. The number of hydrogen-bond acceptors (Lipinski definition) is 3. The van der Waals surface area contributed by atoms with Gasteiger partial charge in [0.25, 0.3) is 0 Å². The fourth-order valence-electron chi connectivity index (χ4n) is 3.08. The van der Waals surface area contributed by atoms with Crippen LogP contribution in [0.15, 0.2) is 6.33 Å². The molecule has 102 valence electrons. The molecule has 0 fully saturated rings. The van der Waals surface area contributed by atoms with Crippen molar-refractivity contribution in [3.63, 3.8) is 0 Å². The highest BCUT2D eigenvalue weighted by molar-refractivity contribution is 5.41. The van der Waals surface area contributed by atoms with Crippen molar-refractivity contribution in [1.29, 1.82) is 0 Å². The van der Waals surface area contributed by atoms with Crippen LogP contribution >= 0.6 is 0 Å². The SMILES string of the molecule is Cc1nn(C)c(-n2cnc3c2CCCC3)c1CCN. The molecule has 5 heteroatoms. The van der Waals surface area contributed by atoms with Crippen LogP contribution in [0.4, 0.5) is 0 Å². The summed E-state index contributed by atoms with van der Waals surface area (Å²) >= 11 is 0. The van der Waals surface area contributed by atoms with E-state index in [2.05, 4.69) is 21.6 Å². The van der Waals surface area contributed by atoms with Crippen LogP contribution < -0.4 is 5.73 Å². The van der Waals surface area contributed by atoms with Gasteiger partial charge in [-0.2, -0.15) is 5.10 Å². The van der Waals surface area contributed by atoms with Gasteiger partial charge in [-0.1, -0.05) is 0 Å². The van der Waals surface area contributed by atoms with Crippen LogP contribution in [0.25, 0.3) is 5.82 Å². The second kappa shape index (κ2) is 4.81. The lowest BCUT2D eigenvalue weighted by Gasteiger charge is -2.15. The third kappa shape index (κ3) is 1.98. The number of nitrogens with two attached hydrogens (primary N) is 1. The maximum Gasteiger partial charge on any atom is 0.139 e. The van der Waals surface area contributed by atoms with E-state index in [1.54, 1.807) is 0 Å². The highest BCUT2D eigenvalue weighted by Crippen LogP contribution is 2.26. The van der Waals surface area contributed by atoms with Crippen LogP contribution in [-0.2, 0) is 26.3 Å². The first-order chi connectivity index (χ1) is 9.22. The average molecular weight is 259 g/mol. The minimum absolute atomic E-state index is 0.649. The Balaban J connectivity index is 2.14. The Kier molecular flexibility index (Phi) is 3.14. The molecule has 2 aromatic rings. The van der Waals surface area contributed by atoms with Crippen molar-refractivity contribution in [2.45, 2.75) is 39.0 Å². The summed E-state index contributed by atoms with van der Waals surface area (Å²) < 4.78 is 4.18. The molecule has 0 amide bonds. The van der Waals surface area contributed by atoms with Crippen molar-refractivity contribution in [1.82, 2.24) is 19.3 Å². The molecule has 0 aromatic carbocycles. The van der Waals surface area contributed by atoms with E-state index in [9.17, 15) is 0 Å². The number of aryl methyl sites for hydroxylation is 3. The van der Waals surface area contributed by atoms with Crippen LogP contribution in [0.3, 0.4) is 0 Å². The number of rotatable bonds is 3. The maximum absolute atomic E-state index is 5.74. The Bertz CT molecular complexity index is 593. The molecule has 0 saturated carbocycles. The second-order valence-electron chi connectivity index (χ2n) is 5.26. The summed E-state index contributed by atoms with van der Waals surface area (Å²) in [4.78, 5) is 4.58. The lowest BCUT2D eigenvalue weighted by Crippen LogP contribution is -2.12. The first kappa shape index (κ1) is 12.4. The van der Waals surface area contributed by atoms with Gasteiger partial charge in [0.05, 0.1) is 11.4 Å². The lowest BCUT2D eigenvalue weighted by molar-refractivity contribution is 0.641.